The van der Waals surface area contributed by atoms with E-state index in [-0.39, 0.29) is 10.6 Å². The van der Waals surface area contributed by atoms with Gasteiger partial charge in [0.2, 0.25) is 0 Å². The van der Waals surface area contributed by atoms with E-state index in [2.05, 4.69) is 0 Å². The fourth-order valence-electron chi connectivity index (χ4n) is 1.53. The molecule has 0 heterocycles. The van der Waals surface area contributed by atoms with Crippen molar-refractivity contribution in [3.63, 3.8) is 0 Å². The maximum absolute atomic E-state index is 12.1. The van der Waals surface area contributed by atoms with Gasteiger partial charge < -0.3 is 4.18 Å². The molecule has 0 aliphatic carbocycles. The molecule has 0 spiro atoms. The van der Waals surface area contributed by atoms with Gasteiger partial charge in [-0.2, -0.15) is 8.42 Å². The van der Waals surface area contributed by atoms with Gasteiger partial charge in [0.1, 0.15) is 10.6 Å². The molecule has 2 aromatic carbocycles. The quantitative estimate of drug-likeness (QED) is 0.811. The lowest BCUT2D eigenvalue weighted by Crippen LogP contribution is -2.10. The summed E-state index contributed by atoms with van der Waals surface area (Å²) in [6.07, 6.45) is 0. The van der Waals surface area contributed by atoms with Crippen LogP contribution in [0.15, 0.2) is 47.4 Å². The summed E-state index contributed by atoms with van der Waals surface area (Å²) in [4.78, 5) is 0.123. The summed E-state index contributed by atoms with van der Waals surface area (Å²) in [5.74, 6) is 0.244. The molecule has 19 heavy (non-hydrogen) atoms. The Kier molecular flexibility index (Phi) is 3.83. The van der Waals surface area contributed by atoms with Gasteiger partial charge in [0.25, 0.3) is 0 Å². The molecule has 0 aliphatic heterocycles. The van der Waals surface area contributed by atoms with E-state index >= 15 is 0 Å². The first-order valence-corrected chi connectivity index (χ1v) is 7.44. The summed E-state index contributed by atoms with van der Waals surface area (Å²) >= 11 is 5.84. The molecule has 0 saturated heterocycles. The van der Waals surface area contributed by atoms with Crippen molar-refractivity contribution in [2.24, 2.45) is 0 Å². The zero-order valence-corrected chi connectivity index (χ0v) is 12.1. The first kappa shape index (κ1) is 13.9. The van der Waals surface area contributed by atoms with Gasteiger partial charge in [-0.1, -0.05) is 35.4 Å². The highest BCUT2D eigenvalue weighted by molar-refractivity contribution is 7.87. The highest BCUT2D eigenvalue weighted by Gasteiger charge is 2.17. The smallest absolute Gasteiger partial charge is 0.339 e. The van der Waals surface area contributed by atoms with Crippen LogP contribution in [-0.4, -0.2) is 8.42 Å². The van der Waals surface area contributed by atoms with Crippen LogP contribution in [0.4, 0.5) is 0 Å². The van der Waals surface area contributed by atoms with E-state index < -0.39 is 10.1 Å². The molecule has 0 saturated carbocycles. The molecule has 0 aromatic heterocycles. The molecule has 0 unspecified atom stereocenters. The second-order valence-electron chi connectivity index (χ2n) is 4.26. The minimum Gasteiger partial charge on any atom is -0.379 e. The summed E-state index contributed by atoms with van der Waals surface area (Å²) in [5.41, 5.74) is 1.69. The van der Waals surface area contributed by atoms with Crippen LogP contribution >= 0.6 is 11.6 Å². The predicted octanol–water partition coefficient (Wildman–Crippen LogP) is 3.72. The topological polar surface area (TPSA) is 43.4 Å². The summed E-state index contributed by atoms with van der Waals surface area (Å²) < 4.78 is 29.3. The Morgan fingerprint density at radius 2 is 1.63 bits per heavy atom. The van der Waals surface area contributed by atoms with Crippen LogP contribution in [0.5, 0.6) is 5.75 Å². The normalized spacial score (nSPS) is 11.3. The molecule has 0 fully saturated rings. The average molecular weight is 297 g/mol. The summed E-state index contributed by atoms with van der Waals surface area (Å²) in [6.45, 7) is 3.65. The number of halogens is 1. The molecule has 3 nitrogen and oxygen atoms in total. The van der Waals surface area contributed by atoms with Crippen LogP contribution in [-0.2, 0) is 10.1 Å². The van der Waals surface area contributed by atoms with E-state index in [0.717, 1.165) is 5.56 Å². The Bertz CT molecular complexity index is 691. The van der Waals surface area contributed by atoms with Gasteiger partial charge in [-0.05, 0) is 37.6 Å². The van der Waals surface area contributed by atoms with Crippen molar-refractivity contribution in [1.29, 1.82) is 0 Å². The van der Waals surface area contributed by atoms with Crippen LogP contribution in [0.2, 0.25) is 5.02 Å². The third-order valence-corrected chi connectivity index (χ3v) is 4.14. The molecule has 0 N–H and O–H groups in total. The standard InChI is InChI=1S/C14H13ClO3S/c1-10-3-7-13(8-4-10)19(16,17)18-14-9-12(15)6-5-11(14)2/h3-9H,1-2H3. The fraction of sp³-hybridized carbons (Fsp3) is 0.143. The Morgan fingerprint density at radius 3 is 2.26 bits per heavy atom. The van der Waals surface area contributed by atoms with Crippen LogP contribution < -0.4 is 4.18 Å². The van der Waals surface area contributed by atoms with Crippen LogP contribution in [0.25, 0.3) is 0 Å². The average Bonchev–Trinajstić information content (AvgIpc) is 2.34. The largest absolute Gasteiger partial charge is 0.379 e. The maximum atomic E-state index is 12.1. The highest BCUT2D eigenvalue weighted by Crippen LogP contribution is 2.26. The van der Waals surface area contributed by atoms with Gasteiger partial charge in [0.15, 0.2) is 0 Å². The summed E-state index contributed by atoms with van der Waals surface area (Å²) in [6, 6.07) is 11.4. The minimum atomic E-state index is -3.83. The lowest BCUT2D eigenvalue weighted by atomic mass is 10.2. The van der Waals surface area contributed by atoms with E-state index in [9.17, 15) is 8.42 Å². The van der Waals surface area contributed by atoms with Gasteiger partial charge in [0, 0.05) is 11.1 Å². The Labute approximate surface area is 117 Å². The van der Waals surface area contributed by atoms with Crippen LogP contribution in [0.1, 0.15) is 11.1 Å². The van der Waals surface area contributed by atoms with Crippen molar-refractivity contribution in [2.45, 2.75) is 18.7 Å². The van der Waals surface area contributed by atoms with Crippen molar-refractivity contribution in [3.8, 4) is 5.75 Å². The summed E-state index contributed by atoms with van der Waals surface area (Å²) in [5, 5.41) is 0.430. The molecule has 0 radical (unpaired) electrons. The second kappa shape index (κ2) is 5.23. The molecule has 0 atom stereocenters. The van der Waals surface area contributed by atoms with Crippen molar-refractivity contribution in [2.75, 3.05) is 0 Å². The van der Waals surface area contributed by atoms with E-state index in [0.29, 0.717) is 10.6 Å². The van der Waals surface area contributed by atoms with E-state index in [1.165, 1.54) is 18.2 Å². The monoisotopic (exact) mass is 296 g/mol. The molecule has 100 valence electrons. The first-order valence-electron chi connectivity index (χ1n) is 5.66. The van der Waals surface area contributed by atoms with Crippen molar-refractivity contribution < 1.29 is 12.6 Å². The van der Waals surface area contributed by atoms with Gasteiger partial charge in [-0.25, -0.2) is 0 Å². The van der Waals surface area contributed by atoms with Gasteiger partial charge in [0.05, 0.1) is 0 Å². The zero-order chi connectivity index (χ0) is 14.0. The highest BCUT2D eigenvalue weighted by atomic mass is 35.5. The van der Waals surface area contributed by atoms with Crippen LogP contribution in [0, 0.1) is 13.8 Å². The number of hydrogen-bond donors (Lipinski definition) is 0. The third-order valence-electron chi connectivity index (χ3n) is 2.66. The summed E-state index contributed by atoms with van der Waals surface area (Å²) in [7, 11) is -3.83. The molecule has 2 rings (SSSR count). The maximum Gasteiger partial charge on any atom is 0.339 e. The lowest BCUT2D eigenvalue weighted by molar-refractivity contribution is 0.484. The van der Waals surface area contributed by atoms with Gasteiger partial charge in [-0.3, -0.25) is 0 Å². The predicted molar refractivity (Wildman–Crippen MR) is 75.2 cm³/mol. The lowest BCUT2D eigenvalue weighted by Gasteiger charge is -2.09. The second-order valence-corrected chi connectivity index (χ2v) is 6.24. The van der Waals surface area contributed by atoms with Gasteiger partial charge >= 0.3 is 10.1 Å². The fourth-order valence-corrected chi connectivity index (χ4v) is 2.68. The first-order chi connectivity index (χ1) is 8.88. The van der Waals surface area contributed by atoms with Gasteiger partial charge in [-0.15, -0.1) is 0 Å². The Hall–Kier alpha value is -1.52. The number of benzene rings is 2. The molecule has 2 aromatic rings. The Balaban J connectivity index is 2.36. The van der Waals surface area contributed by atoms with E-state index in [1.54, 1.807) is 31.2 Å². The SMILES string of the molecule is Cc1ccc(S(=O)(=O)Oc2cc(Cl)ccc2C)cc1. The number of hydrogen-bond acceptors (Lipinski definition) is 3. The molecule has 0 bridgehead atoms. The van der Waals surface area contributed by atoms with Crippen molar-refractivity contribution in [1.82, 2.24) is 0 Å². The molecular weight excluding hydrogens is 284 g/mol. The number of aryl methyl sites for hydroxylation is 2. The zero-order valence-electron chi connectivity index (χ0n) is 10.6. The minimum absolute atomic E-state index is 0.123. The molecule has 0 amide bonds. The van der Waals surface area contributed by atoms with Crippen LogP contribution in [0.3, 0.4) is 0 Å². The van der Waals surface area contributed by atoms with E-state index in [4.69, 9.17) is 15.8 Å². The third kappa shape index (κ3) is 3.28. The number of rotatable bonds is 3. The molecular formula is C14H13ClO3S. The van der Waals surface area contributed by atoms with Crippen molar-refractivity contribution in [3.05, 3.63) is 58.6 Å². The molecule has 5 heteroatoms. The van der Waals surface area contributed by atoms with E-state index in [1.807, 2.05) is 6.92 Å². The molecule has 0 aliphatic rings. The Morgan fingerprint density at radius 1 is 1.00 bits per heavy atom. The van der Waals surface area contributed by atoms with Crippen molar-refractivity contribution >= 4 is 21.7 Å².